The fourth-order valence-corrected chi connectivity index (χ4v) is 2.45. The average Bonchev–Trinajstić information content (AvgIpc) is 3.06. The molecular formula is C13H15NO3S. The molecule has 0 bridgehead atoms. The molecule has 1 N–H and O–H groups in total. The second kappa shape index (κ2) is 6.37. The van der Waals surface area contributed by atoms with E-state index in [4.69, 9.17) is 9.15 Å². The van der Waals surface area contributed by atoms with Crippen molar-refractivity contribution >= 4 is 17.3 Å². The van der Waals surface area contributed by atoms with Crippen molar-refractivity contribution in [1.29, 1.82) is 0 Å². The molecular weight excluding hydrogens is 250 g/mol. The Kier molecular flexibility index (Phi) is 4.55. The number of nitrogens with one attached hydrogen (secondary N) is 1. The van der Waals surface area contributed by atoms with Gasteiger partial charge in [-0.3, -0.25) is 4.79 Å². The summed E-state index contributed by atoms with van der Waals surface area (Å²) in [6.45, 7) is 0.663. The summed E-state index contributed by atoms with van der Waals surface area (Å²) in [5, 5.41) is 5.34. The Morgan fingerprint density at radius 3 is 3.06 bits per heavy atom. The molecule has 0 fully saturated rings. The summed E-state index contributed by atoms with van der Waals surface area (Å²) in [6, 6.07) is 5.87. The van der Waals surface area contributed by atoms with E-state index in [-0.39, 0.29) is 12.0 Å². The number of thiophene rings is 1. The highest BCUT2D eigenvalue weighted by Gasteiger charge is 2.17. The van der Waals surface area contributed by atoms with Gasteiger partial charge in [0, 0.05) is 17.0 Å². The van der Waals surface area contributed by atoms with Gasteiger partial charge in [0.2, 0.25) is 0 Å². The van der Waals surface area contributed by atoms with E-state index >= 15 is 0 Å². The smallest absolute Gasteiger partial charge is 0.307 e. The highest BCUT2D eigenvalue weighted by atomic mass is 32.1. The lowest BCUT2D eigenvalue weighted by Crippen LogP contribution is -2.23. The van der Waals surface area contributed by atoms with Crippen molar-refractivity contribution in [3.05, 3.63) is 46.5 Å². The minimum Gasteiger partial charge on any atom is -0.472 e. The highest BCUT2D eigenvalue weighted by Crippen LogP contribution is 2.23. The van der Waals surface area contributed by atoms with E-state index in [0.29, 0.717) is 13.0 Å². The molecule has 0 saturated carbocycles. The molecule has 96 valence electrons. The van der Waals surface area contributed by atoms with Crippen LogP contribution in [0.4, 0.5) is 0 Å². The lowest BCUT2D eigenvalue weighted by atomic mass is 10.1. The van der Waals surface area contributed by atoms with Gasteiger partial charge in [0.15, 0.2) is 0 Å². The molecule has 0 aliphatic rings. The third-order valence-electron chi connectivity index (χ3n) is 2.62. The molecule has 2 rings (SSSR count). The molecule has 0 aromatic carbocycles. The molecule has 0 saturated heterocycles. The second-order valence-corrected chi connectivity index (χ2v) is 4.84. The molecule has 0 spiro atoms. The van der Waals surface area contributed by atoms with Gasteiger partial charge in [0.1, 0.15) is 0 Å². The third-order valence-corrected chi connectivity index (χ3v) is 3.60. The number of hydrogen-bond donors (Lipinski definition) is 1. The molecule has 2 heterocycles. The van der Waals surface area contributed by atoms with Crippen LogP contribution in [-0.2, 0) is 16.1 Å². The molecule has 5 heteroatoms. The summed E-state index contributed by atoms with van der Waals surface area (Å²) in [6.07, 6.45) is 3.66. The van der Waals surface area contributed by atoms with Gasteiger partial charge in [-0.15, -0.1) is 11.3 Å². The monoisotopic (exact) mass is 265 g/mol. The highest BCUT2D eigenvalue weighted by molar-refractivity contribution is 7.10. The van der Waals surface area contributed by atoms with Gasteiger partial charge in [0.05, 0.1) is 32.1 Å². The summed E-state index contributed by atoms with van der Waals surface area (Å²) in [5.41, 5.74) is 1.06. The first-order valence-electron chi connectivity index (χ1n) is 5.64. The number of esters is 1. The first kappa shape index (κ1) is 12.9. The van der Waals surface area contributed by atoms with Crippen molar-refractivity contribution in [3.8, 4) is 0 Å². The van der Waals surface area contributed by atoms with E-state index in [1.165, 1.54) is 7.11 Å². The molecule has 0 amide bonds. The van der Waals surface area contributed by atoms with Crippen LogP contribution < -0.4 is 5.32 Å². The number of rotatable bonds is 6. The van der Waals surface area contributed by atoms with E-state index in [1.807, 2.05) is 23.6 Å². The van der Waals surface area contributed by atoms with Gasteiger partial charge >= 0.3 is 5.97 Å². The SMILES string of the molecule is COC(=O)CC(NCc1ccoc1)c1cccs1. The first-order valence-corrected chi connectivity index (χ1v) is 6.52. The second-order valence-electron chi connectivity index (χ2n) is 3.86. The van der Waals surface area contributed by atoms with Crippen LogP contribution in [0.5, 0.6) is 0 Å². The van der Waals surface area contributed by atoms with E-state index in [1.54, 1.807) is 23.9 Å². The zero-order valence-corrected chi connectivity index (χ0v) is 10.9. The fourth-order valence-electron chi connectivity index (χ4n) is 1.65. The van der Waals surface area contributed by atoms with Crippen LogP contribution in [0.25, 0.3) is 0 Å². The van der Waals surface area contributed by atoms with Crippen molar-refractivity contribution in [2.24, 2.45) is 0 Å². The molecule has 0 aliphatic heterocycles. The largest absolute Gasteiger partial charge is 0.472 e. The average molecular weight is 265 g/mol. The number of ether oxygens (including phenoxy) is 1. The van der Waals surface area contributed by atoms with Gasteiger partial charge < -0.3 is 14.5 Å². The molecule has 1 unspecified atom stereocenters. The molecule has 18 heavy (non-hydrogen) atoms. The van der Waals surface area contributed by atoms with E-state index in [2.05, 4.69) is 5.32 Å². The molecule has 2 aromatic heterocycles. The van der Waals surface area contributed by atoms with Crippen molar-refractivity contribution in [1.82, 2.24) is 5.32 Å². The molecule has 4 nitrogen and oxygen atoms in total. The molecule has 1 atom stereocenters. The lowest BCUT2D eigenvalue weighted by Gasteiger charge is -2.15. The maximum atomic E-state index is 11.4. The summed E-state index contributed by atoms with van der Waals surface area (Å²) >= 11 is 1.63. The Labute approximate surface area is 110 Å². The Hall–Kier alpha value is -1.59. The maximum Gasteiger partial charge on any atom is 0.307 e. The molecule has 0 aliphatic carbocycles. The lowest BCUT2D eigenvalue weighted by molar-refractivity contribution is -0.141. The van der Waals surface area contributed by atoms with E-state index in [9.17, 15) is 4.79 Å². The fraction of sp³-hybridized carbons (Fsp3) is 0.308. The number of carbonyl (C=O) groups excluding carboxylic acids is 1. The maximum absolute atomic E-state index is 11.4. The first-order chi connectivity index (χ1) is 8.79. The van der Waals surface area contributed by atoms with Crippen LogP contribution >= 0.6 is 11.3 Å². The van der Waals surface area contributed by atoms with Crippen LogP contribution in [0.15, 0.2) is 40.5 Å². The number of methoxy groups -OCH3 is 1. The van der Waals surface area contributed by atoms with Crippen LogP contribution in [0, 0.1) is 0 Å². The molecule has 0 radical (unpaired) electrons. The van der Waals surface area contributed by atoms with Gasteiger partial charge in [0.25, 0.3) is 0 Å². The normalized spacial score (nSPS) is 12.3. The number of hydrogen-bond acceptors (Lipinski definition) is 5. The summed E-state index contributed by atoms with van der Waals surface area (Å²) in [7, 11) is 1.41. The van der Waals surface area contributed by atoms with Crippen molar-refractivity contribution in [2.75, 3.05) is 7.11 Å². The summed E-state index contributed by atoms with van der Waals surface area (Å²) in [5.74, 6) is -0.215. The van der Waals surface area contributed by atoms with Gasteiger partial charge in [-0.2, -0.15) is 0 Å². The Balaban J connectivity index is 1.98. The zero-order valence-electron chi connectivity index (χ0n) is 10.1. The number of furan rings is 1. The number of carbonyl (C=O) groups is 1. The minimum atomic E-state index is -0.215. The van der Waals surface area contributed by atoms with Crippen LogP contribution in [0.1, 0.15) is 22.9 Å². The predicted molar refractivity (Wildman–Crippen MR) is 69.2 cm³/mol. The molecule has 2 aromatic rings. The Morgan fingerprint density at radius 2 is 2.44 bits per heavy atom. The van der Waals surface area contributed by atoms with Crippen molar-refractivity contribution in [3.63, 3.8) is 0 Å². The van der Waals surface area contributed by atoms with Crippen LogP contribution in [-0.4, -0.2) is 13.1 Å². The van der Waals surface area contributed by atoms with Gasteiger partial charge in [-0.25, -0.2) is 0 Å². The quantitative estimate of drug-likeness (QED) is 0.816. The standard InChI is InChI=1S/C13H15NO3S/c1-16-13(15)7-11(12-3-2-6-18-12)14-8-10-4-5-17-9-10/h2-6,9,11,14H,7-8H2,1H3. The minimum absolute atomic E-state index is 0.0210. The summed E-state index contributed by atoms with van der Waals surface area (Å²) in [4.78, 5) is 12.5. The Bertz CT molecular complexity index is 464. The van der Waals surface area contributed by atoms with E-state index in [0.717, 1.165) is 10.4 Å². The summed E-state index contributed by atoms with van der Waals surface area (Å²) < 4.78 is 9.73. The van der Waals surface area contributed by atoms with Crippen molar-refractivity contribution < 1.29 is 13.9 Å². The van der Waals surface area contributed by atoms with Crippen LogP contribution in [0.3, 0.4) is 0 Å². The van der Waals surface area contributed by atoms with Crippen molar-refractivity contribution in [2.45, 2.75) is 19.0 Å². The zero-order chi connectivity index (χ0) is 12.8. The van der Waals surface area contributed by atoms with Gasteiger partial charge in [-0.05, 0) is 17.5 Å². The Morgan fingerprint density at radius 1 is 1.56 bits per heavy atom. The van der Waals surface area contributed by atoms with Crippen LogP contribution in [0.2, 0.25) is 0 Å². The van der Waals surface area contributed by atoms with E-state index < -0.39 is 0 Å². The predicted octanol–water partition coefficient (Wildman–Crippen LogP) is 2.74. The van der Waals surface area contributed by atoms with Gasteiger partial charge in [-0.1, -0.05) is 6.07 Å². The third kappa shape index (κ3) is 3.45. The topological polar surface area (TPSA) is 51.5 Å².